The molecular weight excluding hydrogens is 447 g/mol. The van der Waals surface area contributed by atoms with Crippen molar-refractivity contribution in [3.05, 3.63) is 99.8 Å². The first-order chi connectivity index (χ1) is 15.8. The van der Waals surface area contributed by atoms with Crippen LogP contribution in [0.15, 0.2) is 72.3 Å². The summed E-state index contributed by atoms with van der Waals surface area (Å²) in [5.41, 5.74) is 2.00. The number of urea groups is 1. The Balaban J connectivity index is 1.54. The third-order valence-corrected chi connectivity index (χ3v) is 5.23. The van der Waals surface area contributed by atoms with E-state index in [1.807, 2.05) is 0 Å². The van der Waals surface area contributed by atoms with Gasteiger partial charge in [0.15, 0.2) is 0 Å². The van der Waals surface area contributed by atoms with Crippen LogP contribution in [0.3, 0.4) is 0 Å². The van der Waals surface area contributed by atoms with Crippen molar-refractivity contribution in [3.63, 3.8) is 0 Å². The largest absolute Gasteiger partial charge is 0.489 e. The maximum Gasteiger partial charge on any atom is 0.335 e. The Morgan fingerprint density at radius 1 is 1.03 bits per heavy atom. The molecule has 3 aromatic carbocycles. The van der Waals surface area contributed by atoms with Crippen LogP contribution in [0.1, 0.15) is 16.7 Å². The molecule has 1 N–H and O–H groups in total. The highest BCUT2D eigenvalue weighted by Crippen LogP contribution is 2.28. The number of imide groups is 2. The van der Waals surface area contributed by atoms with Crippen molar-refractivity contribution >= 4 is 41.2 Å². The molecule has 0 spiro atoms. The molecule has 4 rings (SSSR count). The standard InChI is InChI=1S/C25H18ClFN2O4/c1-15-5-8-18(26)13-22(15)29-24(31)21(23(30)28-25(29)32)12-16-6-9-20(10-7-16)33-14-17-3-2-4-19(27)11-17/h2-13H,14H2,1H3,(H,28,30,32)/b21-12+. The van der Waals surface area contributed by atoms with Crippen molar-refractivity contribution in [2.45, 2.75) is 13.5 Å². The summed E-state index contributed by atoms with van der Waals surface area (Å²) < 4.78 is 18.9. The molecule has 33 heavy (non-hydrogen) atoms. The summed E-state index contributed by atoms with van der Waals surface area (Å²) in [5, 5.41) is 2.54. The number of amides is 4. The van der Waals surface area contributed by atoms with Gasteiger partial charge in [-0.05, 0) is 66.1 Å². The van der Waals surface area contributed by atoms with Gasteiger partial charge in [-0.1, -0.05) is 41.9 Å². The molecule has 0 bridgehead atoms. The maximum absolute atomic E-state index is 13.3. The van der Waals surface area contributed by atoms with E-state index in [1.54, 1.807) is 55.5 Å². The molecule has 0 unspecified atom stereocenters. The van der Waals surface area contributed by atoms with E-state index in [4.69, 9.17) is 16.3 Å². The van der Waals surface area contributed by atoms with Gasteiger partial charge in [0, 0.05) is 5.02 Å². The molecule has 1 aliphatic heterocycles. The lowest BCUT2D eigenvalue weighted by Crippen LogP contribution is -2.54. The van der Waals surface area contributed by atoms with Crippen molar-refractivity contribution in [2.24, 2.45) is 0 Å². The van der Waals surface area contributed by atoms with Gasteiger partial charge in [-0.15, -0.1) is 0 Å². The van der Waals surface area contributed by atoms with E-state index in [-0.39, 0.29) is 18.0 Å². The van der Waals surface area contributed by atoms with Crippen LogP contribution in [-0.2, 0) is 16.2 Å². The summed E-state index contributed by atoms with van der Waals surface area (Å²) in [5.74, 6) is -1.34. The molecule has 0 aromatic heterocycles. The first-order valence-corrected chi connectivity index (χ1v) is 10.3. The van der Waals surface area contributed by atoms with E-state index >= 15 is 0 Å². The number of barbiturate groups is 1. The second kappa shape index (κ2) is 9.26. The molecular formula is C25H18ClFN2O4. The molecule has 0 saturated carbocycles. The predicted molar refractivity (Wildman–Crippen MR) is 122 cm³/mol. The number of halogens is 2. The maximum atomic E-state index is 13.3. The number of carbonyl (C=O) groups is 3. The predicted octanol–water partition coefficient (Wildman–Crippen LogP) is 5.03. The van der Waals surface area contributed by atoms with Crippen LogP contribution >= 0.6 is 11.6 Å². The summed E-state index contributed by atoms with van der Waals surface area (Å²) in [6.07, 6.45) is 1.40. The first-order valence-electron chi connectivity index (χ1n) is 9.97. The van der Waals surface area contributed by atoms with Crippen molar-refractivity contribution in [1.82, 2.24) is 5.32 Å². The van der Waals surface area contributed by atoms with Gasteiger partial charge in [0.25, 0.3) is 11.8 Å². The zero-order valence-electron chi connectivity index (χ0n) is 17.5. The molecule has 6 nitrogen and oxygen atoms in total. The van der Waals surface area contributed by atoms with Gasteiger partial charge in [-0.25, -0.2) is 14.1 Å². The number of rotatable bonds is 5. The van der Waals surface area contributed by atoms with Crippen LogP contribution in [0.25, 0.3) is 6.08 Å². The van der Waals surface area contributed by atoms with E-state index in [0.29, 0.717) is 33.1 Å². The Kier molecular flexibility index (Phi) is 6.24. The van der Waals surface area contributed by atoms with E-state index < -0.39 is 17.8 Å². The van der Waals surface area contributed by atoms with Gasteiger partial charge in [0.1, 0.15) is 23.7 Å². The number of carbonyl (C=O) groups excluding carboxylic acids is 3. The third-order valence-electron chi connectivity index (χ3n) is 5.00. The third kappa shape index (κ3) is 4.94. The minimum absolute atomic E-state index is 0.190. The number of anilines is 1. The van der Waals surface area contributed by atoms with Crippen LogP contribution in [0.4, 0.5) is 14.9 Å². The lowest BCUT2D eigenvalue weighted by Gasteiger charge is -2.27. The van der Waals surface area contributed by atoms with Gasteiger partial charge in [0.2, 0.25) is 0 Å². The fourth-order valence-corrected chi connectivity index (χ4v) is 3.49. The highest BCUT2D eigenvalue weighted by Gasteiger charge is 2.37. The molecule has 3 aromatic rings. The molecule has 1 saturated heterocycles. The average molecular weight is 465 g/mol. The SMILES string of the molecule is Cc1ccc(Cl)cc1N1C(=O)NC(=O)/C(=C\c2ccc(OCc3cccc(F)c3)cc2)C1=O. The Labute approximate surface area is 194 Å². The van der Waals surface area contributed by atoms with E-state index in [9.17, 15) is 18.8 Å². The van der Waals surface area contributed by atoms with Crippen LogP contribution in [0, 0.1) is 12.7 Å². The normalized spacial score (nSPS) is 15.1. The lowest BCUT2D eigenvalue weighted by atomic mass is 10.1. The average Bonchev–Trinajstić information content (AvgIpc) is 2.78. The number of benzene rings is 3. The van der Waals surface area contributed by atoms with Crippen LogP contribution in [-0.4, -0.2) is 17.8 Å². The fraction of sp³-hybridized carbons (Fsp3) is 0.0800. The number of hydrogen-bond acceptors (Lipinski definition) is 4. The first kappa shape index (κ1) is 22.2. The smallest absolute Gasteiger partial charge is 0.335 e. The quantitative estimate of drug-likeness (QED) is 0.424. The number of nitrogens with zero attached hydrogens (tertiary/aromatic N) is 1. The van der Waals surface area contributed by atoms with Crippen LogP contribution in [0.2, 0.25) is 5.02 Å². The number of aryl methyl sites for hydroxylation is 1. The Morgan fingerprint density at radius 3 is 2.52 bits per heavy atom. The monoisotopic (exact) mass is 464 g/mol. The van der Waals surface area contributed by atoms with Gasteiger partial charge in [0.05, 0.1) is 5.69 Å². The molecule has 0 aliphatic carbocycles. The Hall–Kier alpha value is -3.97. The highest BCUT2D eigenvalue weighted by molar-refractivity contribution is 6.39. The molecule has 166 valence electrons. The van der Waals surface area contributed by atoms with Gasteiger partial charge in [-0.3, -0.25) is 14.9 Å². The van der Waals surface area contributed by atoms with Gasteiger partial charge >= 0.3 is 6.03 Å². The fourth-order valence-electron chi connectivity index (χ4n) is 3.32. The summed E-state index contributed by atoms with van der Waals surface area (Å²) in [6, 6.07) is 16.8. The molecule has 4 amide bonds. The summed E-state index contributed by atoms with van der Waals surface area (Å²) in [4.78, 5) is 38.7. The van der Waals surface area contributed by atoms with Gasteiger partial charge in [-0.2, -0.15) is 0 Å². The van der Waals surface area contributed by atoms with Crippen molar-refractivity contribution < 1.29 is 23.5 Å². The molecule has 1 fully saturated rings. The second-order valence-electron chi connectivity index (χ2n) is 7.38. The summed E-state index contributed by atoms with van der Waals surface area (Å²) in [6.45, 7) is 1.92. The lowest BCUT2D eigenvalue weighted by molar-refractivity contribution is -0.122. The van der Waals surface area contributed by atoms with Crippen LogP contribution in [0.5, 0.6) is 5.75 Å². The Morgan fingerprint density at radius 2 is 1.79 bits per heavy atom. The minimum atomic E-state index is -0.839. The zero-order chi connectivity index (χ0) is 23.5. The van der Waals surface area contributed by atoms with Crippen molar-refractivity contribution in [3.8, 4) is 5.75 Å². The summed E-state index contributed by atoms with van der Waals surface area (Å²) in [7, 11) is 0. The Bertz CT molecular complexity index is 1290. The highest BCUT2D eigenvalue weighted by atomic mass is 35.5. The van der Waals surface area contributed by atoms with Crippen molar-refractivity contribution in [2.75, 3.05) is 4.90 Å². The number of nitrogens with one attached hydrogen (secondary N) is 1. The molecule has 1 aliphatic rings. The van der Waals surface area contributed by atoms with Crippen LogP contribution < -0.4 is 15.0 Å². The number of hydrogen-bond donors (Lipinski definition) is 1. The van der Waals surface area contributed by atoms with E-state index in [0.717, 1.165) is 4.90 Å². The molecule has 0 radical (unpaired) electrons. The minimum Gasteiger partial charge on any atom is -0.489 e. The molecule has 8 heteroatoms. The van der Waals surface area contributed by atoms with E-state index in [1.165, 1.54) is 24.3 Å². The van der Waals surface area contributed by atoms with Crippen molar-refractivity contribution in [1.29, 1.82) is 0 Å². The van der Waals surface area contributed by atoms with Gasteiger partial charge < -0.3 is 4.74 Å². The molecule has 0 atom stereocenters. The summed E-state index contributed by atoms with van der Waals surface area (Å²) >= 11 is 6.03. The zero-order valence-corrected chi connectivity index (χ0v) is 18.2. The topological polar surface area (TPSA) is 75.7 Å². The molecule has 1 heterocycles. The number of ether oxygens (including phenoxy) is 1. The second-order valence-corrected chi connectivity index (χ2v) is 7.81. The van der Waals surface area contributed by atoms with E-state index in [2.05, 4.69) is 5.32 Å².